The number of ether oxygens (including phenoxy) is 6. The minimum absolute atomic E-state index is 0.0835. The zero-order valence-electron chi connectivity index (χ0n) is 52.5. The lowest BCUT2D eigenvalue weighted by Crippen LogP contribution is -2.27. The Morgan fingerprint density at radius 1 is 0.226 bits per heavy atom. The van der Waals surface area contributed by atoms with E-state index in [-0.39, 0.29) is 13.2 Å². The predicted molar refractivity (Wildman–Crippen MR) is 373 cm³/mol. The summed E-state index contributed by atoms with van der Waals surface area (Å²) < 4.78 is 34.4. The van der Waals surface area contributed by atoms with Crippen molar-refractivity contribution in [2.75, 3.05) is 62.3 Å². The van der Waals surface area contributed by atoms with E-state index in [0.717, 1.165) is 158 Å². The highest BCUT2D eigenvalue weighted by molar-refractivity contribution is 6.00. The second-order valence-electron chi connectivity index (χ2n) is 22.8. The molecule has 12 aromatic rings. The highest BCUT2D eigenvalue weighted by Crippen LogP contribution is 2.66. The number of anilines is 12. The molecule has 2 aliphatic rings. The highest BCUT2D eigenvalue weighted by atomic mass is 16.5. The summed E-state index contributed by atoms with van der Waals surface area (Å²) in [5.74, 6) is 4.47. The summed E-state index contributed by atoms with van der Waals surface area (Å²) in [6.45, 7) is -0.167. The van der Waals surface area contributed by atoms with Crippen molar-refractivity contribution in [3.05, 3.63) is 300 Å². The second kappa shape index (κ2) is 25.1. The van der Waals surface area contributed by atoms with Gasteiger partial charge in [-0.15, -0.1) is 0 Å². The first-order valence-electron chi connectivity index (χ1n) is 30.7. The van der Waals surface area contributed by atoms with E-state index in [1.165, 1.54) is 0 Å². The molecule has 1 spiro atoms. The number of benzene rings is 12. The molecule has 0 aromatic heterocycles. The topological polar surface area (TPSA) is 109 Å². The van der Waals surface area contributed by atoms with Gasteiger partial charge < -0.3 is 58.2 Å². The summed E-state index contributed by atoms with van der Waals surface area (Å²) >= 11 is 0. The quantitative estimate of drug-likeness (QED) is 0.0758. The SMILES string of the molecule is COc1ccc(N(c2ccc(CO)cc2)c2ccc3c(c2)C2(c4cc(N(c5ccc(CO)cc5)c5ccc(OC)cc5)ccc4-c4ccc(N(c5ccc(OC)cc5)c5ccc(OC)cc5)cc42)c2cc(N(c4ccc(OC)cc4)c4ccc(OC)cc4)ccc2-3)cc1. The van der Waals surface area contributed by atoms with Crippen LogP contribution in [0.2, 0.25) is 0 Å². The van der Waals surface area contributed by atoms with E-state index in [0.29, 0.717) is 0 Å². The Balaban J connectivity index is 1.10. The van der Waals surface area contributed by atoms with Gasteiger partial charge in [-0.1, -0.05) is 48.5 Å². The van der Waals surface area contributed by atoms with Crippen molar-refractivity contribution in [1.82, 2.24) is 0 Å². The first kappa shape index (κ1) is 59.2. The van der Waals surface area contributed by atoms with E-state index in [1.807, 2.05) is 97.1 Å². The molecule has 2 aliphatic carbocycles. The Morgan fingerprint density at radius 3 is 0.548 bits per heavy atom. The Morgan fingerprint density at radius 2 is 0.387 bits per heavy atom. The average Bonchev–Trinajstić information content (AvgIpc) is 1.51. The molecular weight excluding hydrogens is 1160 g/mol. The number of aliphatic hydroxyl groups is 2. The minimum Gasteiger partial charge on any atom is -0.497 e. The molecule has 0 aliphatic heterocycles. The lowest BCUT2D eigenvalue weighted by molar-refractivity contribution is 0.281. The normalized spacial score (nSPS) is 12.0. The van der Waals surface area contributed by atoms with Crippen molar-refractivity contribution in [2.24, 2.45) is 0 Å². The molecule has 12 nitrogen and oxygen atoms in total. The van der Waals surface area contributed by atoms with E-state index >= 15 is 0 Å². The zero-order chi connectivity index (χ0) is 63.7. The van der Waals surface area contributed by atoms with Crippen LogP contribution in [0.5, 0.6) is 34.5 Å². The number of nitrogens with zero attached hydrogens (tertiary/aromatic N) is 4. The van der Waals surface area contributed by atoms with E-state index in [4.69, 9.17) is 28.4 Å². The molecule has 0 heterocycles. The van der Waals surface area contributed by atoms with Gasteiger partial charge in [0.2, 0.25) is 0 Å². The first-order valence-corrected chi connectivity index (χ1v) is 30.7. The zero-order valence-corrected chi connectivity index (χ0v) is 52.5. The number of fused-ring (bicyclic) bond motifs is 10. The van der Waals surface area contributed by atoms with Gasteiger partial charge in [0.25, 0.3) is 0 Å². The van der Waals surface area contributed by atoms with Crippen LogP contribution in [0.3, 0.4) is 0 Å². The van der Waals surface area contributed by atoms with Gasteiger partial charge in [0, 0.05) is 68.2 Å². The monoisotopic (exact) mass is 1220 g/mol. The van der Waals surface area contributed by atoms with Crippen molar-refractivity contribution in [3.63, 3.8) is 0 Å². The van der Waals surface area contributed by atoms with E-state index in [9.17, 15) is 10.2 Å². The van der Waals surface area contributed by atoms with Gasteiger partial charge in [-0.05, 0) is 274 Å². The molecule has 14 rings (SSSR count). The van der Waals surface area contributed by atoms with Gasteiger partial charge in [-0.2, -0.15) is 0 Å². The summed E-state index contributed by atoms with van der Waals surface area (Å²) in [6.07, 6.45) is 0. The fourth-order valence-electron chi connectivity index (χ4n) is 13.4. The van der Waals surface area contributed by atoms with Crippen molar-refractivity contribution in [1.29, 1.82) is 0 Å². The van der Waals surface area contributed by atoms with Crippen LogP contribution in [0.25, 0.3) is 22.3 Å². The summed E-state index contributed by atoms with van der Waals surface area (Å²) in [4.78, 5) is 9.14. The van der Waals surface area contributed by atoms with Gasteiger partial charge in [0.1, 0.15) is 34.5 Å². The maximum atomic E-state index is 10.3. The molecule has 0 saturated heterocycles. The Kier molecular flexibility index (Phi) is 16.0. The lowest BCUT2D eigenvalue weighted by atomic mass is 9.70. The molecule has 0 atom stereocenters. The summed E-state index contributed by atoms with van der Waals surface area (Å²) in [5.41, 5.74) is 20.3. The van der Waals surface area contributed by atoms with Gasteiger partial charge in [0.05, 0.1) is 61.3 Å². The van der Waals surface area contributed by atoms with E-state index < -0.39 is 5.41 Å². The molecule has 0 fully saturated rings. The number of aliphatic hydroxyl groups excluding tert-OH is 2. The lowest BCUT2D eigenvalue weighted by Gasteiger charge is -2.35. The largest absolute Gasteiger partial charge is 0.497 e. The van der Waals surface area contributed by atoms with Crippen molar-refractivity contribution < 1.29 is 38.6 Å². The fraction of sp³-hybridized carbons (Fsp3) is 0.111. The molecule has 2 N–H and O–H groups in total. The maximum absolute atomic E-state index is 10.3. The fourth-order valence-corrected chi connectivity index (χ4v) is 13.4. The van der Waals surface area contributed by atoms with Crippen LogP contribution in [0, 0.1) is 0 Å². The van der Waals surface area contributed by atoms with Crippen molar-refractivity contribution in [3.8, 4) is 56.8 Å². The second-order valence-corrected chi connectivity index (χ2v) is 22.8. The summed E-state index contributed by atoms with van der Waals surface area (Å²) in [7, 11) is 10.1. The molecular formula is C81H68N4O8. The average molecular weight is 1230 g/mol. The van der Waals surface area contributed by atoms with Crippen LogP contribution in [0.1, 0.15) is 33.4 Å². The maximum Gasteiger partial charge on any atom is 0.119 e. The predicted octanol–water partition coefficient (Wildman–Crippen LogP) is 18.9. The van der Waals surface area contributed by atoms with Crippen LogP contribution in [-0.4, -0.2) is 52.9 Å². The Bertz CT molecular complexity index is 3850. The highest BCUT2D eigenvalue weighted by Gasteiger charge is 2.53. The third-order valence-corrected chi connectivity index (χ3v) is 18.0. The van der Waals surface area contributed by atoms with Crippen LogP contribution < -0.4 is 48.0 Å². The molecule has 12 heteroatoms. The van der Waals surface area contributed by atoms with Crippen LogP contribution >= 0.6 is 0 Å². The number of hydrogen-bond acceptors (Lipinski definition) is 12. The van der Waals surface area contributed by atoms with Crippen LogP contribution in [0.15, 0.2) is 267 Å². The van der Waals surface area contributed by atoms with Crippen LogP contribution in [0.4, 0.5) is 68.2 Å². The van der Waals surface area contributed by atoms with Gasteiger partial charge in [-0.3, -0.25) is 0 Å². The third kappa shape index (κ3) is 10.6. The number of methoxy groups -OCH3 is 6. The number of rotatable bonds is 20. The molecule has 93 heavy (non-hydrogen) atoms. The third-order valence-electron chi connectivity index (χ3n) is 18.0. The first-order chi connectivity index (χ1) is 45.7. The molecule has 0 unspecified atom stereocenters. The molecule has 0 radical (unpaired) electrons. The van der Waals surface area contributed by atoms with Gasteiger partial charge >= 0.3 is 0 Å². The molecule has 0 amide bonds. The van der Waals surface area contributed by atoms with Crippen LogP contribution in [-0.2, 0) is 18.6 Å². The summed E-state index contributed by atoms with van der Waals surface area (Å²) in [5, 5.41) is 20.7. The van der Waals surface area contributed by atoms with Crippen molar-refractivity contribution >= 4 is 68.2 Å². The van der Waals surface area contributed by atoms with Gasteiger partial charge in [0.15, 0.2) is 0 Å². The number of hydrogen-bond donors (Lipinski definition) is 2. The van der Waals surface area contributed by atoms with Gasteiger partial charge in [-0.25, -0.2) is 0 Å². The molecule has 12 aromatic carbocycles. The van der Waals surface area contributed by atoms with E-state index in [1.54, 1.807) is 42.7 Å². The minimum atomic E-state index is -1.04. The molecule has 0 saturated carbocycles. The molecule has 460 valence electrons. The van der Waals surface area contributed by atoms with Crippen molar-refractivity contribution in [2.45, 2.75) is 18.6 Å². The Hall–Kier alpha value is -11.4. The molecule has 0 bridgehead atoms. The standard InChI is InChI=1S/C81H68N4O8/c1-88-67-31-15-57(16-32-67)82(55-11-7-53(51-86)8-12-55)63-27-43-73-75-45-29-65(84(59-19-35-69(90-3)36-20-59)60-21-37-70(91-4)38-22-60)49-79(75)81(77(73)47-63)78-48-64(83(56-13-9-54(52-87)10-14-56)58-17-33-68(89-2)34-18-58)28-44-74(78)76-46-30-66(50-80(76)81)85(61-23-39-71(92-5)40-24-61)62-25-41-72(93-6)42-26-62/h7-50,86-87H,51-52H2,1-6H3. The Labute approximate surface area is 542 Å². The smallest absolute Gasteiger partial charge is 0.119 e. The summed E-state index contributed by atoms with van der Waals surface area (Å²) in [6, 6.07) is 92.9. The van der Waals surface area contributed by atoms with E-state index in [2.05, 4.69) is 189 Å².